The Morgan fingerprint density at radius 1 is 1.13 bits per heavy atom. The van der Waals surface area contributed by atoms with Crippen molar-refractivity contribution in [2.24, 2.45) is 0 Å². The fraction of sp³-hybridized carbons (Fsp3) is 0.400. The summed E-state index contributed by atoms with van der Waals surface area (Å²) in [7, 11) is 1.70. The van der Waals surface area contributed by atoms with Gasteiger partial charge in [0.2, 0.25) is 5.91 Å². The number of amides is 1. The van der Waals surface area contributed by atoms with Crippen LogP contribution in [0.25, 0.3) is 10.9 Å². The van der Waals surface area contributed by atoms with Crippen LogP contribution >= 0.6 is 0 Å². The lowest BCUT2D eigenvalue weighted by Crippen LogP contribution is -2.37. The maximum atomic E-state index is 12.6. The van der Waals surface area contributed by atoms with Crippen LogP contribution in [0.5, 0.6) is 11.5 Å². The van der Waals surface area contributed by atoms with E-state index >= 15 is 0 Å². The summed E-state index contributed by atoms with van der Waals surface area (Å²) in [5.41, 5.74) is 3.65. The molecule has 1 amide bonds. The number of carbonyl (C=O) groups excluding carboxylic acids is 1. The molecule has 0 aliphatic carbocycles. The van der Waals surface area contributed by atoms with E-state index in [1.165, 1.54) is 16.5 Å². The third-order valence-electron chi connectivity index (χ3n) is 6.00. The minimum absolute atomic E-state index is 0.238. The standard InChI is InChI=1S/C25H30N2O3/c1-18-5-3-6-21(15-18)30-14-4-7-25(28)27-12-10-19(11-13-27)23-17-26-24-9-8-20(29-2)16-22(23)24/h3,5-6,8-9,15-17,19,26H,4,7,10-14H2,1-2H3. The highest BCUT2D eigenvalue weighted by atomic mass is 16.5. The third-order valence-corrected chi connectivity index (χ3v) is 6.00. The van der Waals surface area contributed by atoms with Crippen molar-refractivity contribution in [3.8, 4) is 11.5 Å². The van der Waals surface area contributed by atoms with Crippen LogP contribution in [0.4, 0.5) is 0 Å². The van der Waals surface area contributed by atoms with Crippen LogP contribution < -0.4 is 9.47 Å². The van der Waals surface area contributed by atoms with Gasteiger partial charge in [-0.2, -0.15) is 0 Å². The molecule has 0 atom stereocenters. The largest absolute Gasteiger partial charge is 0.497 e. The fourth-order valence-electron chi connectivity index (χ4n) is 4.30. The minimum Gasteiger partial charge on any atom is -0.497 e. The van der Waals surface area contributed by atoms with E-state index in [2.05, 4.69) is 23.3 Å². The highest BCUT2D eigenvalue weighted by Gasteiger charge is 2.25. The van der Waals surface area contributed by atoms with Gasteiger partial charge < -0.3 is 19.4 Å². The summed E-state index contributed by atoms with van der Waals surface area (Å²) < 4.78 is 11.2. The molecule has 4 rings (SSSR count). The Morgan fingerprint density at radius 2 is 1.97 bits per heavy atom. The molecule has 0 spiro atoms. The number of nitrogens with one attached hydrogen (secondary N) is 1. The second kappa shape index (κ2) is 9.24. The number of likely N-dealkylation sites (tertiary alicyclic amines) is 1. The first-order chi connectivity index (χ1) is 14.6. The van der Waals surface area contributed by atoms with Gasteiger partial charge in [0.15, 0.2) is 0 Å². The van der Waals surface area contributed by atoms with E-state index in [9.17, 15) is 4.79 Å². The smallest absolute Gasteiger partial charge is 0.222 e. The summed E-state index contributed by atoms with van der Waals surface area (Å²) in [6.45, 7) is 4.26. The Labute approximate surface area is 178 Å². The fourth-order valence-corrected chi connectivity index (χ4v) is 4.30. The number of carbonyl (C=O) groups is 1. The predicted octanol–water partition coefficient (Wildman–Crippen LogP) is 5.05. The molecule has 2 heterocycles. The second-order valence-electron chi connectivity index (χ2n) is 8.08. The van der Waals surface area contributed by atoms with Crippen molar-refractivity contribution in [1.82, 2.24) is 9.88 Å². The van der Waals surface area contributed by atoms with Crippen molar-refractivity contribution in [3.05, 3.63) is 59.8 Å². The highest BCUT2D eigenvalue weighted by molar-refractivity contribution is 5.85. The van der Waals surface area contributed by atoms with E-state index in [0.29, 0.717) is 18.9 Å². The average molecular weight is 407 g/mol. The summed E-state index contributed by atoms with van der Waals surface area (Å²) in [5, 5.41) is 1.23. The number of fused-ring (bicyclic) bond motifs is 1. The first-order valence-corrected chi connectivity index (χ1v) is 10.8. The summed E-state index contributed by atoms with van der Waals surface area (Å²) in [5.74, 6) is 2.46. The second-order valence-corrected chi connectivity index (χ2v) is 8.08. The molecule has 0 unspecified atom stereocenters. The van der Waals surface area contributed by atoms with Gasteiger partial charge in [-0.1, -0.05) is 12.1 Å². The lowest BCUT2D eigenvalue weighted by atomic mass is 9.89. The Morgan fingerprint density at radius 3 is 2.73 bits per heavy atom. The van der Waals surface area contributed by atoms with E-state index in [1.807, 2.05) is 42.2 Å². The Balaban J connectivity index is 1.25. The summed E-state index contributed by atoms with van der Waals surface area (Å²) in [6, 6.07) is 14.2. The first kappa shape index (κ1) is 20.3. The van der Waals surface area contributed by atoms with E-state index in [1.54, 1.807) is 7.11 Å². The van der Waals surface area contributed by atoms with Gasteiger partial charge in [0.05, 0.1) is 13.7 Å². The number of hydrogen-bond acceptors (Lipinski definition) is 3. The van der Waals surface area contributed by atoms with Crippen LogP contribution in [0.1, 0.15) is 42.7 Å². The van der Waals surface area contributed by atoms with E-state index in [4.69, 9.17) is 9.47 Å². The van der Waals surface area contributed by atoms with Gasteiger partial charge in [0.25, 0.3) is 0 Å². The zero-order valence-electron chi connectivity index (χ0n) is 17.8. The number of aromatic nitrogens is 1. The van der Waals surface area contributed by atoms with Gasteiger partial charge in [-0.25, -0.2) is 0 Å². The molecule has 158 valence electrons. The number of ether oxygens (including phenoxy) is 2. The number of methoxy groups -OCH3 is 1. The van der Waals surface area contributed by atoms with Crippen LogP contribution in [0.3, 0.4) is 0 Å². The summed E-state index contributed by atoms with van der Waals surface area (Å²) in [6.07, 6.45) is 5.40. The molecular weight excluding hydrogens is 376 g/mol. The molecule has 5 heteroatoms. The van der Waals surface area contributed by atoms with Gasteiger partial charge in [0.1, 0.15) is 11.5 Å². The van der Waals surface area contributed by atoms with Gasteiger partial charge in [-0.15, -0.1) is 0 Å². The minimum atomic E-state index is 0.238. The highest BCUT2D eigenvalue weighted by Crippen LogP contribution is 2.34. The lowest BCUT2D eigenvalue weighted by Gasteiger charge is -2.32. The number of piperidine rings is 1. The van der Waals surface area contributed by atoms with Crippen LogP contribution in [-0.2, 0) is 4.79 Å². The molecule has 3 aromatic rings. The van der Waals surface area contributed by atoms with E-state index in [-0.39, 0.29) is 5.91 Å². The van der Waals surface area contributed by atoms with Crippen molar-refractivity contribution in [2.45, 2.75) is 38.5 Å². The monoisotopic (exact) mass is 406 g/mol. The molecule has 1 aliphatic heterocycles. The topological polar surface area (TPSA) is 54.6 Å². The normalized spacial score (nSPS) is 14.8. The van der Waals surface area contributed by atoms with Crippen molar-refractivity contribution in [3.63, 3.8) is 0 Å². The maximum absolute atomic E-state index is 12.6. The van der Waals surface area contributed by atoms with Gasteiger partial charge in [-0.3, -0.25) is 4.79 Å². The third kappa shape index (κ3) is 4.61. The molecule has 1 N–H and O–H groups in total. The first-order valence-electron chi connectivity index (χ1n) is 10.8. The van der Waals surface area contributed by atoms with Gasteiger partial charge >= 0.3 is 0 Å². The molecule has 1 saturated heterocycles. The summed E-state index contributed by atoms with van der Waals surface area (Å²) >= 11 is 0. The van der Waals surface area contributed by atoms with Crippen molar-refractivity contribution < 1.29 is 14.3 Å². The predicted molar refractivity (Wildman–Crippen MR) is 119 cm³/mol. The van der Waals surface area contributed by atoms with Crippen molar-refractivity contribution in [1.29, 1.82) is 0 Å². The molecule has 1 aromatic heterocycles. The van der Waals surface area contributed by atoms with Crippen LogP contribution in [-0.4, -0.2) is 42.6 Å². The number of hydrogen-bond donors (Lipinski definition) is 1. The number of benzene rings is 2. The van der Waals surface area contributed by atoms with Gasteiger partial charge in [-0.05, 0) is 73.6 Å². The Hall–Kier alpha value is -2.95. The van der Waals surface area contributed by atoms with Crippen LogP contribution in [0.2, 0.25) is 0 Å². The molecule has 0 radical (unpaired) electrons. The molecule has 2 aromatic carbocycles. The number of H-pyrrole nitrogens is 1. The van der Waals surface area contributed by atoms with Crippen molar-refractivity contribution >= 4 is 16.8 Å². The zero-order chi connectivity index (χ0) is 20.9. The molecule has 30 heavy (non-hydrogen) atoms. The van der Waals surface area contributed by atoms with Gasteiger partial charge in [0, 0.05) is 36.6 Å². The lowest BCUT2D eigenvalue weighted by molar-refractivity contribution is -0.132. The Bertz CT molecular complexity index is 1000. The number of aromatic amines is 1. The number of nitrogens with zero attached hydrogens (tertiary/aromatic N) is 1. The molecule has 0 saturated carbocycles. The molecule has 1 aliphatic rings. The molecule has 0 bridgehead atoms. The quantitative estimate of drug-likeness (QED) is 0.559. The summed E-state index contributed by atoms with van der Waals surface area (Å²) in [4.78, 5) is 18.0. The number of aryl methyl sites for hydroxylation is 1. The molecule has 5 nitrogen and oxygen atoms in total. The molecular formula is C25H30N2O3. The van der Waals surface area contributed by atoms with E-state index < -0.39 is 0 Å². The SMILES string of the molecule is COc1ccc2[nH]cc(C3CCN(C(=O)CCCOc4cccc(C)c4)CC3)c2c1. The average Bonchev–Trinajstić information content (AvgIpc) is 3.20. The number of rotatable bonds is 7. The van der Waals surface area contributed by atoms with Crippen LogP contribution in [0.15, 0.2) is 48.7 Å². The maximum Gasteiger partial charge on any atom is 0.222 e. The van der Waals surface area contributed by atoms with Crippen molar-refractivity contribution in [2.75, 3.05) is 26.8 Å². The van der Waals surface area contributed by atoms with E-state index in [0.717, 1.165) is 49.4 Å². The Kier molecular flexibility index (Phi) is 6.26. The van der Waals surface area contributed by atoms with Crippen LogP contribution in [0, 0.1) is 6.92 Å². The zero-order valence-corrected chi connectivity index (χ0v) is 17.8. The molecule has 1 fully saturated rings.